The van der Waals surface area contributed by atoms with Crippen LogP contribution >= 0.6 is 0 Å². The van der Waals surface area contributed by atoms with Crippen LogP contribution in [0.2, 0.25) is 0 Å². The molecule has 1 aromatic heterocycles. The van der Waals surface area contributed by atoms with Crippen LogP contribution in [-0.2, 0) is 6.54 Å². The van der Waals surface area contributed by atoms with Gasteiger partial charge in [0.2, 0.25) is 0 Å². The molecule has 5 nitrogen and oxygen atoms in total. The zero-order valence-corrected chi connectivity index (χ0v) is 10.8. The first-order chi connectivity index (χ1) is 9.65. The molecule has 0 aliphatic heterocycles. The minimum atomic E-state index is -0.296. The molecule has 1 saturated carbocycles. The maximum Gasteiger partial charge on any atom is 0.272 e. The Hall–Kier alpha value is -2.37. The largest absolute Gasteiger partial charge is 0.382 e. The van der Waals surface area contributed by atoms with E-state index < -0.39 is 0 Å². The number of H-pyrrole nitrogens is 1. The number of aromatic nitrogens is 2. The number of nitrogen functional groups attached to an aromatic ring is 1. The molecule has 1 aromatic carbocycles. The van der Waals surface area contributed by atoms with Crippen LogP contribution in [-0.4, -0.2) is 27.0 Å². The molecule has 3 N–H and O–H groups in total. The van der Waals surface area contributed by atoms with Gasteiger partial charge in [-0.25, -0.2) is 4.39 Å². The van der Waals surface area contributed by atoms with Crippen molar-refractivity contribution in [2.75, 3.05) is 5.73 Å². The van der Waals surface area contributed by atoms with E-state index in [-0.39, 0.29) is 30.1 Å². The molecule has 3 rings (SSSR count). The number of carbonyl (C=O) groups is 1. The molecular weight excluding hydrogens is 259 g/mol. The second-order valence-corrected chi connectivity index (χ2v) is 4.96. The average Bonchev–Trinajstić information content (AvgIpc) is 3.18. The molecule has 1 aliphatic carbocycles. The summed E-state index contributed by atoms with van der Waals surface area (Å²) in [6.45, 7) is 0.259. The standard InChI is InChI=1S/C14H15FN4O/c15-11-4-2-1-3-9(11)8-19(10-5-6-10)14(20)12-7-13(16)18-17-12/h1-4,7,10H,5-6,8H2,(H3,16,17,18). The molecule has 104 valence electrons. The predicted octanol–water partition coefficient (Wildman–Crippen LogP) is 1.94. The lowest BCUT2D eigenvalue weighted by molar-refractivity contribution is 0.0722. The summed E-state index contributed by atoms with van der Waals surface area (Å²) in [4.78, 5) is 14.1. The molecular formula is C14H15FN4O. The molecule has 0 saturated heterocycles. The van der Waals surface area contributed by atoms with Gasteiger partial charge in [-0.3, -0.25) is 9.89 Å². The molecule has 6 heteroatoms. The topological polar surface area (TPSA) is 75.0 Å². The summed E-state index contributed by atoms with van der Waals surface area (Å²) in [5, 5.41) is 6.36. The van der Waals surface area contributed by atoms with Crippen LogP contribution in [0.5, 0.6) is 0 Å². The van der Waals surface area contributed by atoms with E-state index >= 15 is 0 Å². The van der Waals surface area contributed by atoms with Crippen LogP contribution in [0.15, 0.2) is 30.3 Å². The van der Waals surface area contributed by atoms with Gasteiger partial charge in [0, 0.05) is 24.2 Å². The van der Waals surface area contributed by atoms with Crippen molar-refractivity contribution < 1.29 is 9.18 Å². The number of aromatic amines is 1. The zero-order chi connectivity index (χ0) is 14.1. The van der Waals surface area contributed by atoms with Crippen molar-refractivity contribution in [3.05, 3.63) is 47.4 Å². The second-order valence-electron chi connectivity index (χ2n) is 4.96. The summed E-state index contributed by atoms with van der Waals surface area (Å²) in [6.07, 6.45) is 1.90. The smallest absolute Gasteiger partial charge is 0.272 e. The molecule has 0 radical (unpaired) electrons. The van der Waals surface area contributed by atoms with Gasteiger partial charge in [-0.2, -0.15) is 5.10 Å². The molecule has 0 spiro atoms. The number of hydrogen-bond donors (Lipinski definition) is 2. The third kappa shape index (κ3) is 2.49. The van der Waals surface area contributed by atoms with E-state index in [0.717, 1.165) is 12.8 Å². The van der Waals surface area contributed by atoms with Crippen LogP contribution in [0.4, 0.5) is 10.2 Å². The van der Waals surface area contributed by atoms with Crippen molar-refractivity contribution in [2.24, 2.45) is 0 Å². The fraction of sp³-hybridized carbons (Fsp3) is 0.286. The first-order valence-electron chi connectivity index (χ1n) is 6.50. The molecule has 1 aliphatic rings. The highest BCUT2D eigenvalue weighted by atomic mass is 19.1. The van der Waals surface area contributed by atoms with E-state index in [9.17, 15) is 9.18 Å². The van der Waals surface area contributed by atoms with Gasteiger partial charge in [-0.1, -0.05) is 18.2 Å². The Balaban J connectivity index is 1.83. The van der Waals surface area contributed by atoms with Crippen LogP contribution in [0.1, 0.15) is 28.9 Å². The van der Waals surface area contributed by atoms with Gasteiger partial charge in [0.25, 0.3) is 5.91 Å². The molecule has 1 fully saturated rings. The summed E-state index contributed by atoms with van der Waals surface area (Å²) in [5.74, 6) is -0.218. The van der Waals surface area contributed by atoms with E-state index in [1.165, 1.54) is 12.1 Å². The molecule has 2 aromatic rings. The van der Waals surface area contributed by atoms with Crippen LogP contribution in [0, 0.1) is 5.82 Å². The number of nitrogens with one attached hydrogen (secondary N) is 1. The van der Waals surface area contributed by atoms with E-state index in [4.69, 9.17) is 5.73 Å². The fourth-order valence-corrected chi connectivity index (χ4v) is 2.16. The summed E-state index contributed by atoms with van der Waals surface area (Å²) >= 11 is 0. The number of rotatable bonds is 4. The van der Waals surface area contributed by atoms with Crippen LogP contribution in [0.25, 0.3) is 0 Å². The Bertz CT molecular complexity index is 636. The van der Waals surface area contributed by atoms with Crippen molar-refractivity contribution >= 4 is 11.7 Å². The van der Waals surface area contributed by atoms with Crippen molar-refractivity contribution in [3.63, 3.8) is 0 Å². The average molecular weight is 274 g/mol. The minimum Gasteiger partial charge on any atom is -0.382 e. The molecule has 1 heterocycles. The van der Waals surface area contributed by atoms with E-state index in [0.29, 0.717) is 11.3 Å². The summed E-state index contributed by atoms with van der Waals surface area (Å²) in [5.41, 5.74) is 6.36. The number of anilines is 1. The highest BCUT2D eigenvalue weighted by molar-refractivity contribution is 5.93. The van der Waals surface area contributed by atoms with Gasteiger partial charge in [-0.15, -0.1) is 0 Å². The quantitative estimate of drug-likeness (QED) is 0.894. The minimum absolute atomic E-state index is 0.173. The Kier molecular flexibility index (Phi) is 3.14. The van der Waals surface area contributed by atoms with Gasteiger partial charge < -0.3 is 10.6 Å². The van der Waals surface area contributed by atoms with Gasteiger partial charge in [0.15, 0.2) is 0 Å². The van der Waals surface area contributed by atoms with Crippen molar-refractivity contribution in [1.82, 2.24) is 15.1 Å². The monoisotopic (exact) mass is 274 g/mol. The highest BCUT2D eigenvalue weighted by Crippen LogP contribution is 2.30. The molecule has 1 amide bonds. The van der Waals surface area contributed by atoms with Crippen LogP contribution < -0.4 is 5.73 Å². The Labute approximate surface area is 115 Å². The Morgan fingerprint density at radius 3 is 2.80 bits per heavy atom. The Morgan fingerprint density at radius 2 is 2.20 bits per heavy atom. The van der Waals surface area contributed by atoms with Crippen molar-refractivity contribution in [1.29, 1.82) is 0 Å². The summed E-state index contributed by atoms with van der Waals surface area (Å²) < 4.78 is 13.7. The number of hydrogen-bond acceptors (Lipinski definition) is 3. The summed E-state index contributed by atoms with van der Waals surface area (Å²) in [7, 11) is 0. The van der Waals surface area contributed by atoms with E-state index in [2.05, 4.69) is 10.2 Å². The number of nitrogens with zero attached hydrogens (tertiary/aromatic N) is 2. The van der Waals surface area contributed by atoms with E-state index in [1.54, 1.807) is 23.1 Å². The van der Waals surface area contributed by atoms with Crippen LogP contribution in [0.3, 0.4) is 0 Å². The SMILES string of the molecule is Nc1cc(C(=O)N(Cc2ccccc2F)C2CC2)[nH]n1. The number of carbonyl (C=O) groups excluding carboxylic acids is 1. The van der Waals surface area contributed by atoms with Crippen molar-refractivity contribution in [3.8, 4) is 0 Å². The Morgan fingerprint density at radius 1 is 1.45 bits per heavy atom. The second kappa shape index (κ2) is 4.96. The lowest BCUT2D eigenvalue weighted by Crippen LogP contribution is -2.33. The molecule has 0 unspecified atom stereocenters. The fourth-order valence-electron chi connectivity index (χ4n) is 2.16. The third-order valence-electron chi connectivity index (χ3n) is 3.38. The molecule has 20 heavy (non-hydrogen) atoms. The third-order valence-corrected chi connectivity index (χ3v) is 3.38. The number of amides is 1. The lowest BCUT2D eigenvalue weighted by Gasteiger charge is -2.22. The normalized spacial score (nSPS) is 14.2. The van der Waals surface area contributed by atoms with Gasteiger partial charge >= 0.3 is 0 Å². The zero-order valence-electron chi connectivity index (χ0n) is 10.8. The summed E-state index contributed by atoms with van der Waals surface area (Å²) in [6, 6.07) is 8.17. The maximum absolute atomic E-state index is 13.7. The molecule has 0 bridgehead atoms. The highest BCUT2D eigenvalue weighted by Gasteiger charge is 2.34. The first kappa shape index (κ1) is 12.7. The van der Waals surface area contributed by atoms with Crippen molar-refractivity contribution in [2.45, 2.75) is 25.4 Å². The molecule has 0 atom stereocenters. The van der Waals surface area contributed by atoms with Gasteiger partial charge in [0.05, 0.1) is 0 Å². The lowest BCUT2D eigenvalue weighted by atomic mass is 10.2. The van der Waals surface area contributed by atoms with Gasteiger partial charge in [-0.05, 0) is 18.9 Å². The number of benzene rings is 1. The first-order valence-corrected chi connectivity index (χ1v) is 6.50. The number of halogens is 1. The number of nitrogens with two attached hydrogens (primary N) is 1. The van der Waals surface area contributed by atoms with E-state index in [1.807, 2.05) is 0 Å². The predicted molar refractivity (Wildman–Crippen MR) is 72.3 cm³/mol. The van der Waals surface area contributed by atoms with Gasteiger partial charge in [0.1, 0.15) is 17.3 Å². The maximum atomic E-state index is 13.7.